The number of hydrogen-bond acceptors (Lipinski definition) is 3. The highest BCUT2D eigenvalue weighted by Crippen LogP contribution is 2.26. The smallest absolute Gasteiger partial charge is 0.266 e. The fourth-order valence-corrected chi connectivity index (χ4v) is 2.69. The van der Waals surface area contributed by atoms with E-state index in [-0.39, 0.29) is 6.03 Å². The van der Waals surface area contributed by atoms with Crippen LogP contribution in [0.3, 0.4) is 0 Å². The van der Waals surface area contributed by atoms with Gasteiger partial charge in [-0.2, -0.15) is 0 Å². The Kier molecular flexibility index (Phi) is 3.06. The number of carbonyl (C=O) groups excluding carboxylic acids is 1. The van der Waals surface area contributed by atoms with E-state index in [0.717, 1.165) is 24.4 Å². The number of urea groups is 1. The van der Waals surface area contributed by atoms with Gasteiger partial charge in [0.2, 0.25) is 0 Å². The van der Waals surface area contributed by atoms with Crippen LogP contribution in [-0.2, 0) is 0 Å². The van der Waals surface area contributed by atoms with E-state index in [0.29, 0.717) is 0 Å². The van der Waals surface area contributed by atoms with E-state index in [1.54, 1.807) is 9.91 Å². The van der Waals surface area contributed by atoms with E-state index in [1.165, 1.54) is 19.3 Å². The second-order valence-electron chi connectivity index (χ2n) is 5.27. The van der Waals surface area contributed by atoms with Crippen molar-refractivity contribution in [3.05, 3.63) is 35.8 Å². The van der Waals surface area contributed by atoms with Crippen LogP contribution in [-0.4, -0.2) is 46.2 Å². The number of allylic oxidation sites excluding steroid dienone is 3. The molecule has 0 aliphatic carbocycles. The number of nitrogens with zero attached hydrogens (tertiary/aromatic N) is 4. The van der Waals surface area contributed by atoms with Crippen molar-refractivity contribution in [1.82, 2.24) is 20.0 Å². The highest BCUT2D eigenvalue weighted by molar-refractivity contribution is 5.79. The van der Waals surface area contributed by atoms with Gasteiger partial charge in [0, 0.05) is 26.3 Å². The molecule has 0 aromatic heterocycles. The van der Waals surface area contributed by atoms with Gasteiger partial charge in [-0.1, -0.05) is 12.5 Å². The molecule has 19 heavy (non-hydrogen) atoms. The molecule has 0 aromatic carbocycles. The quantitative estimate of drug-likeness (QED) is 0.724. The van der Waals surface area contributed by atoms with Crippen LogP contribution in [0.4, 0.5) is 4.79 Å². The molecule has 3 rings (SSSR count). The summed E-state index contributed by atoms with van der Waals surface area (Å²) in [7, 11) is 1.83. The molecular formula is C14H20N4O. The second-order valence-corrected chi connectivity index (χ2v) is 5.27. The summed E-state index contributed by atoms with van der Waals surface area (Å²) in [5, 5.41) is 5.88. The average Bonchev–Trinajstić information content (AvgIpc) is 2.44. The van der Waals surface area contributed by atoms with Crippen LogP contribution in [0, 0.1) is 0 Å². The lowest BCUT2D eigenvalue weighted by Crippen LogP contribution is -2.58. The van der Waals surface area contributed by atoms with E-state index in [9.17, 15) is 4.79 Å². The summed E-state index contributed by atoms with van der Waals surface area (Å²) in [6.45, 7) is 4.03. The summed E-state index contributed by atoms with van der Waals surface area (Å²) < 4.78 is 0. The molecule has 0 N–H and O–H groups in total. The van der Waals surface area contributed by atoms with Crippen molar-refractivity contribution < 1.29 is 4.79 Å². The molecule has 102 valence electrons. The van der Waals surface area contributed by atoms with E-state index in [2.05, 4.69) is 5.01 Å². The maximum absolute atomic E-state index is 12.4. The van der Waals surface area contributed by atoms with Gasteiger partial charge in [0.1, 0.15) is 0 Å². The summed E-state index contributed by atoms with van der Waals surface area (Å²) in [5.74, 6) is 0. The average molecular weight is 260 g/mol. The lowest BCUT2D eigenvalue weighted by molar-refractivity contribution is -0.124. The monoisotopic (exact) mass is 260 g/mol. The summed E-state index contributed by atoms with van der Waals surface area (Å²) in [4.78, 5) is 14.1. The molecule has 0 saturated carbocycles. The molecule has 3 aliphatic rings. The van der Waals surface area contributed by atoms with Crippen LogP contribution in [0.15, 0.2) is 35.8 Å². The topological polar surface area (TPSA) is 30.0 Å². The molecule has 3 aliphatic heterocycles. The maximum atomic E-state index is 12.4. The minimum Gasteiger partial charge on any atom is -0.266 e. The van der Waals surface area contributed by atoms with Crippen LogP contribution >= 0.6 is 0 Å². The van der Waals surface area contributed by atoms with Gasteiger partial charge in [0.25, 0.3) is 0 Å². The van der Waals surface area contributed by atoms with E-state index >= 15 is 0 Å². The van der Waals surface area contributed by atoms with Gasteiger partial charge in [0.15, 0.2) is 0 Å². The van der Waals surface area contributed by atoms with Crippen LogP contribution in [0.25, 0.3) is 0 Å². The molecule has 0 spiro atoms. The Morgan fingerprint density at radius 1 is 1.05 bits per heavy atom. The van der Waals surface area contributed by atoms with E-state index in [1.807, 2.05) is 43.6 Å². The van der Waals surface area contributed by atoms with Gasteiger partial charge in [-0.05, 0) is 31.4 Å². The van der Waals surface area contributed by atoms with Crippen molar-refractivity contribution >= 4 is 6.03 Å². The van der Waals surface area contributed by atoms with Gasteiger partial charge in [-0.15, -0.1) is 0 Å². The molecule has 3 heterocycles. The van der Waals surface area contributed by atoms with Crippen molar-refractivity contribution in [1.29, 1.82) is 0 Å². The number of amides is 2. The molecule has 0 atom stereocenters. The number of fused-ring (bicyclic) bond motifs is 1. The lowest BCUT2D eigenvalue weighted by atomic mass is 10.1. The molecule has 0 radical (unpaired) electrons. The summed E-state index contributed by atoms with van der Waals surface area (Å²) in [5.41, 5.74) is 2.02. The number of hydrogen-bond donors (Lipinski definition) is 0. The van der Waals surface area contributed by atoms with Gasteiger partial charge in [-0.25, -0.2) is 19.9 Å². The molecule has 1 saturated heterocycles. The van der Waals surface area contributed by atoms with Crippen molar-refractivity contribution in [2.45, 2.75) is 26.2 Å². The molecule has 2 amide bonds. The van der Waals surface area contributed by atoms with Crippen LogP contribution < -0.4 is 0 Å². The van der Waals surface area contributed by atoms with Crippen LogP contribution in [0.5, 0.6) is 0 Å². The number of hydrazine groups is 2. The largest absolute Gasteiger partial charge is 0.348 e. The molecule has 0 aromatic rings. The zero-order chi connectivity index (χ0) is 13.4. The molecule has 5 nitrogen and oxygen atoms in total. The predicted molar refractivity (Wildman–Crippen MR) is 73.2 cm³/mol. The third-order valence-electron chi connectivity index (χ3n) is 3.79. The Morgan fingerprint density at radius 2 is 1.79 bits per heavy atom. The highest BCUT2D eigenvalue weighted by atomic mass is 16.2. The number of piperidine rings is 1. The first kappa shape index (κ1) is 12.3. The van der Waals surface area contributed by atoms with Crippen molar-refractivity contribution in [2.24, 2.45) is 0 Å². The maximum Gasteiger partial charge on any atom is 0.348 e. The molecule has 0 unspecified atom stereocenters. The molecular weight excluding hydrogens is 240 g/mol. The van der Waals surface area contributed by atoms with Crippen molar-refractivity contribution in [3.8, 4) is 0 Å². The SMILES string of the molecule is CC1=CN2C(=O)N(C)N(N3CCCCC3)C=C2C=C1. The Morgan fingerprint density at radius 3 is 2.53 bits per heavy atom. The molecule has 5 heteroatoms. The number of rotatable bonds is 1. The zero-order valence-corrected chi connectivity index (χ0v) is 11.5. The standard InChI is InChI=1S/C14H20N4O/c1-12-6-7-13-11-18(16-8-4-3-5-9-16)15(2)14(19)17(13)10-12/h6-7,10-11H,3-5,8-9H2,1-2H3. The first-order valence-electron chi connectivity index (χ1n) is 6.86. The first-order valence-corrected chi connectivity index (χ1v) is 6.86. The van der Waals surface area contributed by atoms with Crippen LogP contribution in [0.2, 0.25) is 0 Å². The second kappa shape index (κ2) is 4.74. The Bertz CT molecular complexity index is 474. The van der Waals surface area contributed by atoms with Gasteiger partial charge >= 0.3 is 6.03 Å². The van der Waals surface area contributed by atoms with E-state index < -0.39 is 0 Å². The highest BCUT2D eigenvalue weighted by Gasteiger charge is 2.32. The van der Waals surface area contributed by atoms with Crippen molar-refractivity contribution in [3.63, 3.8) is 0 Å². The lowest BCUT2D eigenvalue weighted by Gasteiger charge is -2.46. The third kappa shape index (κ3) is 2.14. The first-order chi connectivity index (χ1) is 9.16. The minimum absolute atomic E-state index is 0.00762. The summed E-state index contributed by atoms with van der Waals surface area (Å²) in [6, 6.07) is -0.00762. The Balaban J connectivity index is 1.89. The predicted octanol–water partition coefficient (Wildman–Crippen LogP) is 2.29. The zero-order valence-electron chi connectivity index (χ0n) is 11.5. The normalized spacial score (nSPS) is 24.3. The van der Waals surface area contributed by atoms with Gasteiger partial charge in [-0.3, -0.25) is 4.90 Å². The Labute approximate surface area is 114 Å². The minimum atomic E-state index is -0.00762. The van der Waals surface area contributed by atoms with Gasteiger partial charge in [0.05, 0.1) is 11.9 Å². The molecule has 0 bridgehead atoms. The fraction of sp³-hybridized carbons (Fsp3) is 0.500. The van der Waals surface area contributed by atoms with Gasteiger partial charge < -0.3 is 0 Å². The Hall–Kier alpha value is -1.75. The summed E-state index contributed by atoms with van der Waals surface area (Å²) in [6.07, 6.45) is 11.6. The summed E-state index contributed by atoms with van der Waals surface area (Å²) >= 11 is 0. The molecule has 1 fully saturated rings. The fourth-order valence-electron chi connectivity index (χ4n) is 2.69. The van der Waals surface area contributed by atoms with Crippen LogP contribution in [0.1, 0.15) is 26.2 Å². The van der Waals surface area contributed by atoms with E-state index in [4.69, 9.17) is 0 Å². The third-order valence-corrected chi connectivity index (χ3v) is 3.79. The van der Waals surface area contributed by atoms with Crippen molar-refractivity contribution in [2.75, 3.05) is 20.1 Å². The number of carbonyl (C=O) groups is 1.